The minimum atomic E-state index is -0.471. The number of ether oxygens (including phenoxy) is 2. The summed E-state index contributed by atoms with van der Waals surface area (Å²) in [4.78, 5) is 11.5. The van der Waals surface area contributed by atoms with E-state index in [0.29, 0.717) is 6.54 Å². The van der Waals surface area contributed by atoms with Crippen LogP contribution in [0.4, 0.5) is 10.5 Å². The van der Waals surface area contributed by atoms with E-state index < -0.39 is 5.60 Å². The molecule has 0 saturated heterocycles. The first-order valence-corrected chi connectivity index (χ1v) is 8.55. The molecule has 7 heteroatoms. The number of amides is 1. The Balaban J connectivity index is 2.35. The molecule has 5 nitrogen and oxygen atoms in total. The third-order valence-electron chi connectivity index (χ3n) is 2.58. The molecule has 0 aliphatic rings. The molecule has 124 valence electrons. The molecular weight excluding hydrogens is 416 g/mol. The Morgan fingerprint density at radius 2 is 1.86 bits per heavy atom. The van der Waals surface area contributed by atoms with E-state index in [4.69, 9.17) is 9.47 Å². The Morgan fingerprint density at radius 1 is 1.18 bits per heavy atom. The molecule has 0 saturated carbocycles. The maximum absolute atomic E-state index is 11.5. The number of hydrogen-bond acceptors (Lipinski definition) is 4. The maximum Gasteiger partial charge on any atom is 0.407 e. The molecule has 1 aromatic rings. The van der Waals surface area contributed by atoms with Crippen molar-refractivity contribution in [3.05, 3.63) is 21.1 Å². The molecule has 0 bridgehead atoms. The van der Waals surface area contributed by atoms with Crippen molar-refractivity contribution in [3.63, 3.8) is 0 Å². The summed E-state index contributed by atoms with van der Waals surface area (Å²) in [5.41, 5.74) is 0.471. The lowest BCUT2D eigenvalue weighted by molar-refractivity contribution is 0.0528. The fraction of sp³-hybridized carbons (Fsp3) is 0.533. The normalized spacial score (nSPS) is 11.0. The molecule has 0 atom stereocenters. The van der Waals surface area contributed by atoms with Crippen molar-refractivity contribution < 1.29 is 14.3 Å². The predicted molar refractivity (Wildman–Crippen MR) is 95.7 cm³/mol. The van der Waals surface area contributed by atoms with Crippen molar-refractivity contribution in [2.45, 2.75) is 32.8 Å². The number of carbonyl (C=O) groups is 1. The molecule has 1 amide bonds. The molecule has 1 aromatic carbocycles. The number of halogens is 2. The Kier molecular flexibility index (Phi) is 7.48. The second-order valence-corrected chi connectivity index (χ2v) is 7.38. The van der Waals surface area contributed by atoms with Crippen LogP contribution in [0.5, 0.6) is 5.75 Å². The van der Waals surface area contributed by atoms with Gasteiger partial charge in [0.05, 0.1) is 17.3 Å². The summed E-state index contributed by atoms with van der Waals surface area (Å²) in [7, 11) is 1.63. The highest BCUT2D eigenvalue weighted by Crippen LogP contribution is 2.34. The van der Waals surface area contributed by atoms with Crippen molar-refractivity contribution in [1.82, 2.24) is 5.32 Å². The van der Waals surface area contributed by atoms with E-state index in [1.165, 1.54) is 0 Å². The van der Waals surface area contributed by atoms with Crippen LogP contribution in [-0.2, 0) is 4.74 Å². The SMILES string of the molecule is COc1cc(NCCCNC(=O)OC(C)(C)C)c(Br)cc1Br. The van der Waals surface area contributed by atoms with Gasteiger partial charge in [0, 0.05) is 23.6 Å². The van der Waals surface area contributed by atoms with Crippen LogP contribution in [0.2, 0.25) is 0 Å². The first-order valence-electron chi connectivity index (χ1n) is 6.96. The van der Waals surface area contributed by atoms with Gasteiger partial charge in [-0.15, -0.1) is 0 Å². The van der Waals surface area contributed by atoms with Crippen molar-refractivity contribution in [1.29, 1.82) is 0 Å². The zero-order valence-corrected chi connectivity index (χ0v) is 16.4. The summed E-state index contributed by atoms with van der Waals surface area (Å²) >= 11 is 6.93. The largest absolute Gasteiger partial charge is 0.495 e. The van der Waals surface area contributed by atoms with Crippen molar-refractivity contribution >= 4 is 43.6 Å². The van der Waals surface area contributed by atoms with Crippen LogP contribution in [0.25, 0.3) is 0 Å². The Hall–Kier alpha value is -0.950. The number of nitrogens with one attached hydrogen (secondary N) is 2. The lowest BCUT2D eigenvalue weighted by Crippen LogP contribution is -2.33. The van der Waals surface area contributed by atoms with Crippen molar-refractivity contribution in [2.24, 2.45) is 0 Å². The standard InChI is InChI=1S/C15H22Br2N2O3/c1-15(2,3)22-14(20)19-7-5-6-18-12-9-13(21-4)11(17)8-10(12)16/h8-9,18H,5-7H2,1-4H3,(H,19,20). The van der Waals surface area contributed by atoms with Gasteiger partial charge in [0.2, 0.25) is 0 Å². The van der Waals surface area contributed by atoms with Gasteiger partial charge in [-0.25, -0.2) is 4.79 Å². The van der Waals surface area contributed by atoms with Crippen molar-refractivity contribution in [2.75, 3.05) is 25.5 Å². The zero-order chi connectivity index (χ0) is 16.8. The van der Waals surface area contributed by atoms with Gasteiger partial charge in [-0.2, -0.15) is 0 Å². The van der Waals surface area contributed by atoms with Gasteiger partial charge in [0.15, 0.2) is 0 Å². The molecule has 2 N–H and O–H groups in total. The first kappa shape index (κ1) is 19.1. The molecule has 0 heterocycles. The molecule has 0 spiro atoms. The number of rotatable bonds is 6. The van der Waals surface area contributed by atoms with Gasteiger partial charge in [0.1, 0.15) is 11.4 Å². The monoisotopic (exact) mass is 436 g/mol. The van der Waals surface area contributed by atoms with Crippen molar-refractivity contribution in [3.8, 4) is 5.75 Å². The van der Waals surface area contributed by atoms with E-state index in [2.05, 4.69) is 42.5 Å². The number of carbonyl (C=O) groups excluding carboxylic acids is 1. The Labute approximate surface area is 148 Å². The molecule has 22 heavy (non-hydrogen) atoms. The molecule has 0 aliphatic carbocycles. The molecule has 0 fully saturated rings. The lowest BCUT2D eigenvalue weighted by Gasteiger charge is -2.19. The van der Waals surface area contributed by atoms with Crippen LogP contribution < -0.4 is 15.4 Å². The summed E-state index contributed by atoms with van der Waals surface area (Å²) in [5, 5.41) is 6.02. The van der Waals surface area contributed by atoms with E-state index in [0.717, 1.165) is 33.3 Å². The van der Waals surface area contributed by atoms with Gasteiger partial charge in [0.25, 0.3) is 0 Å². The summed E-state index contributed by atoms with van der Waals surface area (Å²) in [6, 6.07) is 3.84. The highest BCUT2D eigenvalue weighted by Gasteiger charge is 2.15. The Morgan fingerprint density at radius 3 is 2.45 bits per heavy atom. The van der Waals surface area contributed by atoms with E-state index in [1.54, 1.807) is 7.11 Å². The third-order valence-corrected chi connectivity index (χ3v) is 3.85. The van der Waals surface area contributed by atoms with Crippen LogP contribution in [-0.4, -0.2) is 31.9 Å². The summed E-state index contributed by atoms with van der Waals surface area (Å²) in [6.45, 7) is 6.79. The Bertz CT molecular complexity index is 516. The minimum absolute atomic E-state index is 0.390. The topological polar surface area (TPSA) is 59.6 Å². The molecule has 0 aromatic heterocycles. The van der Waals surface area contributed by atoms with E-state index in [-0.39, 0.29) is 6.09 Å². The molecule has 0 radical (unpaired) electrons. The quantitative estimate of drug-likeness (QED) is 0.641. The van der Waals surface area contributed by atoms with E-state index >= 15 is 0 Å². The van der Waals surface area contributed by atoms with Crippen LogP contribution in [0.1, 0.15) is 27.2 Å². The van der Waals surface area contributed by atoms with Gasteiger partial charge in [-0.1, -0.05) is 0 Å². The number of benzene rings is 1. The summed E-state index contributed by atoms with van der Waals surface area (Å²) in [6.07, 6.45) is 0.392. The van der Waals surface area contributed by atoms with E-state index in [9.17, 15) is 4.79 Å². The number of methoxy groups -OCH3 is 1. The first-order chi connectivity index (χ1) is 10.2. The molecule has 1 rings (SSSR count). The average molecular weight is 438 g/mol. The molecule has 0 aliphatic heterocycles. The fourth-order valence-corrected chi connectivity index (χ4v) is 2.93. The molecule has 0 unspecified atom stereocenters. The maximum atomic E-state index is 11.5. The lowest BCUT2D eigenvalue weighted by atomic mass is 10.2. The molecular formula is C15H22Br2N2O3. The van der Waals surface area contributed by atoms with Gasteiger partial charge in [-0.05, 0) is 65.1 Å². The number of anilines is 1. The third kappa shape index (κ3) is 6.87. The smallest absolute Gasteiger partial charge is 0.407 e. The minimum Gasteiger partial charge on any atom is -0.495 e. The van der Waals surface area contributed by atoms with Gasteiger partial charge < -0.3 is 20.1 Å². The number of hydrogen-bond donors (Lipinski definition) is 2. The van der Waals surface area contributed by atoms with Crippen LogP contribution in [0, 0.1) is 0 Å². The number of alkyl carbamates (subject to hydrolysis) is 1. The summed E-state index contributed by atoms with van der Waals surface area (Å²) in [5.74, 6) is 0.762. The zero-order valence-electron chi connectivity index (χ0n) is 13.3. The average Bonchev–Trinajstić information content (AvgIpc) is 2.38. The van der Waals surface area contributed by atoms with E-state index in [1.807, 2.05) is 32.9 Å². The fourth-order valence-electron chi connectivity index (χ4n) is 1.64. The highest BCUT2D eigenvalue weighted by molar-refractivity contribution is 9.11. The van der Waals surface area contributed by atoms with Crippen LogP contribution >= 0.6 is 31.9 Å². The summed E-state index contributed by atoms with van der Waals surface area (Å²) < 4.78 is 12.3. The van der Waals surface area contributed by atoms with Crippen LogP contribution in [0.3, 0.4) is 0 Å². The van der Waals surface area contributed by atoms with Crippen LogP contribution in [0.15, 0.2) is 21.1 Å². The van der Waals surface area contributed by atoms with Gasteiger partial charge >= 0.3 is 6.09 Å². The predicted octanol–water partition coefficient (Wildman–Crippen LogP) is 4.55. The second-order valence-electron chi connectivity index (χ2n) is 5.68. The second kappa shape index (κ2) is 8.62. The highest BCUT2D eigenvalue weighted by atomic mass is 79.9. The van der Waals surface area contributed by atoms with Gasteiger partial charge in [-0.3, -0.25) is 0 Å².